The number of hydrogen-bond donors (Lipinski definition) is 3. The lowest BCUT2D eigenvalue weighted by Crippen LogP contribution is -2.17. The van der Waals surface area contributed by atoms with Gasteiger partial charge in [0.25, 0.3) is 0 Å². The number of carboxylic acids is 1. The van der Waals surface area contributed by atoms with Crippen LogP contribution in [0.2, 0.25) is 0 Å². The number of hydrogen-bond acceptors (Lipinski definition) is 13. The fourth-order valence-electron chi connectivity index (χ4n) is 5.05. The summed E-state index contributed by atoms with van der Waals surface area (Å²) in [5.41, 5.74) is 0.454. The van der Waals surface area contributed by atoms with Crippen LogP contribution in [0.5, 0.6) is 23.0 Å². The van der Waals surface area contributed by atoms with Gasteiger partial charge in [0.2, 0.25) is 17.2 Å². The lowest BCUT2D eigenvalue weighted by molar-refractivity contribution is -0.386. The molecule has 1 aliphatic rings. The molecule has 0 bridgehead atoms. The topological polar surface area (TPSA) is 252 Å². The first-order chi connectivity index (χ1) is 30.0. The maximum atomic E-state index is 11.5. The van der Waals surface area contributed by atoms with Gasteiger partial charge in [-0.15, -0.1) is 13.2 Å². The molecule has 3 N–H and O–H groups in total. The second kappa shape index (κ2) is 30.8. The second-order valence-corrected chi connectivity index (χ2v) is 16.9. The Bertz CT molecular complexity index is 2240. The van der Waals surface area contributed by atoms with E-state index in [1.807, 2.05) is 32.0 Å². The number of Topliss-reactive ketones (excluding diaryl/α,β-unsaturated/α-hetero) is 1. The number of nitro groups is 3. The molecule has 4 aromatic carbocycles. The molecule has 0 radical (unpaired) electrons. The summed E-state index contributed by atoms with van der Waals surface area (Å²) in [5, 5.41) is 57.9. The molecule has 354 valence electrons. The van der Waals surface area contributed by atoms with Gasteiger partial charge in [0.15, 0.2) is 0 Å². The Labute approximate surface area is 410 Å². The van der Waals surface area contributed by atoms with E-state index in [2.05, 4.69) is 76.9 Å². The Morgan fingerprint density at radius 1 is 0.769 bits per heavy atom. The summed E-state index contributed by atoms with van der Waals surface area (Å²) < 4.78 is 18.7. The van der Waals surface area contributed by atoms with Gasteiger partial charge in [-0.2, -0.15) is 0 Å². The van der Waals surface area contributed by atoms with E-state index in [4.69, 9.17) is 29.5 Å². The average molecular weight is 1170 g/mol. The first-order valence-electron chi connectivity index (χ1n) is 18.9. The molecule has 21 heteroatoms. The number of rotatable bonds is 13. The van der Waals surface area contributed by atoms with Gasteiger partial charge < -0.3 is 29.5 Å². The number of carboxylic acid groups (broad SMARTS) is 1. The van der Waals surface area contributed by atoms with Crippen molar-refractivity contribution in [3.05, 3.63) is 152 Å². The van der Waals surface area contributed by atoms with Crippen molar-refractivity contribution in [2.45, 2.75) is 91.6 Å². The smallest absolute Gasteiger partial charge is 0.312 e. The molecule has 0 saturated carbocycles. The highest BCUT2D eigenvalue weighted by atomic mass is 79.9. The molecule has 0 saturated heterocycles. The standard InChI is InChI=1S/C11H12BrNO3.C11H11BrO2.C10H10BrNO5.C6H4BrNO3.C5H10O.CH4/c1-3-5-8(2)16-11-9(12)6-4-7-10(11)13(14)15;1-7-5-9(13)6-8-3-2-4-10(12)11(8)14-7;1-6(5-9(13)14)17-10-7(11)3-2-4-8(10)12(15)16;7-4-2-1-3-5(6(4)9)8(10)11;1-3-4-5(2)6;/h3-4,6-8H,1,5H2,2H3;2-4,7H,5-6H2,1H3;2-4,6H,5H2,1H3,(H,13,14);1-3,9H;3,5-6H,1,4H2,2H3;1H4/t8-;7-;6-;;5-;/m111.0./s1. The van der Waals surface area contributed by atoms with Crippen LogP contribution in [-0.4, -0.2) is 66.3 Å². The number of nitrogens with zero attached hydrogens (tertiary/aromatic N) is 3. The normalized spacial score (nSPS) is 13.4. The van der Waals surface area contributed by atoms with Crippen molar-refractivity contribution >= 4 is 92.5 Å². The summed E-state index contributed by atoms with van der Waals surface area (Å²) >= 11 is 12.8. The van der Waals surface area contributed by atoms with Crippen LogP contribution in [0.15, 0.2) is 116 Å². The predicted molar refractivity (Wildman–Crippen MR) is 262 cm³/mol. The van der Waals surface area contributed by atoms with Gasteiger partial charge in [0, 0.05) is 43.0 Å². The van der Waals surface area contributed by atoms with Crippen LogP contribution in [0.4, 0.5) is 17.1 Å². The van der Waals surface area contributed by atoms with Crippen LogP contribution in [0.25, 0.3) is 0 Å². The third kappa shape index (κ3) is 22.0. The molecule has 0 aromatic heterocycles. The minimum Gasteiger partial charge on any atom is -0.501 e. The zero-order chi connectivity index (χ0) is 48.7. The second-order valence-electron chi connectivity index (χ2n) is 13.5. The molecule has 0 amide bonds. The highest BCUT2D eigenvalue weighted by Gasteiger charge is 2.23. The molecule has 17 nitrogen and oxygen atoms in total. The Morgan fingerprint density at radius 3 is 1.62 bits per heavy atom. The van der Waals surface area contributed by atoms with Crippen molar-refractivity contribution in [2.75, 3.05) is 0 Å². The summed E-state index contributed by atoms with van der Waals surface area (Å²) in [6, 6.07) is 19.2. The minimum absolute atomic E-state index is 0. The SMILES string of the molecule is C.C=CC[C@@H](C)Oc1c(Br)cccc1[N+](=O)[O-].C=CC[C@H](C)O.C[C@@H]1CC(=O)Cc2cccc(Br)c2O1.C[C@H](CC(=O)O)Oc1c(Br)cccc1[N+](=O)[O-].O=[N+]([O-])c1cccc(Br)c1O. The number of aromatic hydroxyl groups is 1. The van der Waals surface area contributed by atoms with Gasteiger partial charge in [-0.1, -0.05) is 49.9 Å². The molecule has 0 unspecified atom stereocenters. The molecule has 1 heterocycles. The summed E-state index contributed by atoms with van der Waals surface area (Å²) in [6.07, 6.45) is 4.47. The number of phenols is 1. The number of aliphatic hydroxyl groups is 1. The highest BCUT2D eigenvalue weighted by Crippen LogP contribution is 2.37. The third-order valence-corrected chi connectivity index (χ3v) is 10.3. The Kier molecular flexibility index (Phi) is 28.4. The average Bonchev–Trinajstić information content (AvgIpc) is 3.35. The van der Waals surface area contributed by atoms with Gasteiger partial charge in [-0.05, 0) is 122 Å². The van der Waals surface area contributed by atoms with E-state index in [9.17, 15) is 39.9 Å². The molecule has 4 atom stereocenters. The van der Waals surface area contributed by atoms with Gasteiger partial charge in [0.05, 0.1) is 51.3 Å². The van der Waals surface area contributed by atoms with Crippen LogP contribution in [0.3, 0.4) is 0 Å². The Hall–Kier alpha value is -5.22. The number of ketones is 1. The fraction of sp³-hybridized carbons (Fsp3) is 0.318. The molecular weight excluding hydrogens is 1110 g/mol. The van der Waals surface area contributed by atoms with E-state index >= 15 is 0 Å². The van der Waals surface area contributed by atoms with Gasteiger partial charge in [-0.25, -0.2) is 0 Å². The Balaban J connectivity index is 0.000000808. The lowest BCUT2D eigenvalue weighted by Gasteiger charge is -2.13. The van der Waals surface area contributed by atoms with E-state index in [-0.39, 0.29) is 72.3 Å². The first-order valence-corrected chi connectivity index (χ1v) is 22.1. The molecule has 5 rings (SSSR count). The maximum Gasteiger partial charge on any atom is 0.312 e. The summed E-state index contributed by atoms with van der Waals surface area (Å²) in [4.78, 5) is 52.0. The van der Waals surface area contributed by atoms with E-state index in [0.29, 0.717) is 39.1 Å². The zero-order valence-electron chi connectivity index (χ0n) is 35.0. The van der Waals surface area contributed by atoms with Crippen LogP contribution in [0.1, 0.15) is 66.4 Å². The summed E-state index contributed by atoms with van der Waals surface area (Å²) in [6.45, 7) is 14.1. The number of carbonyl (C=O) groups excluding carboxylic acids is 1. The predicted octanol–water partition coefficient (Wildman–Crippen LogP) is 12.7. The van der Waals surface area contributed by atoms with E-state index in [0.717, 1.165) is 15.8 Å². The minimum atomic E-state index is -1.02. The van der Waals surface area contributed by atoms with Crippen LogP contribution >= 0.6 is 63.7 Å². The first kappa shape index (κ1) is 59.8. The number of aliphatic hydroxyl groups excluding tert-OH is 1. The molecule has 65 heavy (non-hydrogen) atoms. The van der Waals surface area contributed by atoms with Crippen LogP contribution < -0.4 is 14.2 Å². The van der Waals surface area contributed by atoms with Crippen LogP contribution in [0, 0.1) is 30.3 Å². The molecular formula is C44H51Br4N3O14. The van der Waals surface area contributed by atoms with Crippen LogP contribution in [-0.2, 0) is 16.0 Å². The summed E-state index contributed by atoms with van der Waals surface area (Å²) in [7, 11) is 0. The highest BCUT2D eigenvalue weighted by molar-refractivity contribution is 9.11. The van der Waals surface area contributed by atoms with E-state index in [1.54, 1.807) is 37.3 Å². The zero-order valence-corrected chi connectivity index (χ0v) is 41.4. The molecule has 0 spiro atoms. The monoisotopic (exact) mass is 1160 g/mol. The molecule has 0 aliphatic carbocycles. The van der Waals surface area contributed by atoms with E-state index < -0.39 is 26.8 Å². The summed E-state index contributed by atoms with van der Waals surface area (Å²) in [5.74, 6) is 0.0259. The van der Waals surface area contributed by atoms with Gasteiger partial charge in [-0.3, -0.25) is 39.9 Å². The molecule has 0 fully saturated rings. The Morgan fingerprint density at radius 2 is 1.20 bits per heavy atom. The fourth-order valence-corrected chi connectivity index (χ4v) is 6.81. The number of benzene rings is 4. The number of para-hydroxylation sites is 4. The van der Waals surface area contributed by atoms with Crippen molar-refractivity contribution in [2.24, 2.45) is 0 Å². The lowest BCUT2D eigenvalue weighted by atomic mass is 10.1. The quantitative estimate of drug-likeness (QED) is 0.0640. The maximum absolute atomic E-state index is 11.5. The number of nitro benzene ring substituents is 3. The number of ether oxygens (including phenoxy) is 3. The molecule has 1 aliphatic heterocycles. The van der Waals surface area contributed by atoms with Crippen molar-refractivity contribution in [1.29, 1.82) is 0 Å². The number of halogens is 4. The number of phenolic OH excluding ortho intramolecular Hbond substituents is 1. The van der Waals surface area contributed by atoms with Gasteiger partial charge in [0.1, 0.15) is 23.7 Å². The van der Waals surface area contributed by atoms with E-state index in [1.165, 1.54) is 43.3 Å². The van der Waals surface area contributed by atoms with Crippen molar-refractivity contribution in [3.63, 3.8) is 0 Å². The van der Waals surface area contributed by atoms with Crippen molar-refractivity contribution in [3.8, 4) is 23.0 Å². The number of carbonyl (C=O) groups is 2. The van der Waals surface area contributed by atoms with Crippen molar-refractivity contribution < 1.29 is 53.9 Å². The molecule has 4 aromatic rings. The number of fused-ring (bicyclic) bond motifs is 1. The number of aliphatic carboxylic acids is 1. The van der Waals surface area contributed by atoms with Crippen molar-refractivity contribution in [1.82, 2.24) is 0 Å². The largest absolute Gasteiger partial charge is 0.501 e. The van der Waals surface area contributed by atoms with Gasteiger partial charge >= 0.3 is 23.0 Å². The third-order valence-electron chi connectivity index (χ3n) is 7.82.